The number of likely N-dealkylation sites (tertiary alicyclic amines) is 1. The van der Waals surface area contributed by atoms with Gasteiger partial charge in [0, 0.05) is 18.6 Å². The molecule has 1 N–H and O–H groups in total. The van der Waals surface area contributed by atoms with Crippen LogP contribution in [0, 0.1) is 5.92 Å². The normalized spacial score (nSPS) is 19.1. The van der Waals surface area contributed by atoms with Gasteiger partial charge >= 0.3 is 0 Å². The van der Waals surface area contributed by atoms with Crippen molar-refractivity contribution in [3.8, 4) is 0 Å². The van der Waals surface area contributed by atoms with E-state index in [1.807, 2.05) is 0 Å². The van der Waals surface area contributed by atoms with Crippen LogP contribution in [0.4, 0.5) is 0 Å². The van der Waals surface area contributed by atoms with Crippen molar-refractivity contribution in [2.45, 2.75) is 59.0 Å². The second kappa shape index (κ2) is 7.95. The Bertz CT molecular complexity index is 402. The summed E-state index contributed by atoms with van der Waals surface area (Å²) < 4.78 is 0. The molecule has 0 spiro atoms. The molecule has 1 atom stereocenters. The van der Waals surface area contributed by atoms with Crippen molar-refractivity contribution in [2.24, 2.45) is 5.92 Å². The maximum Gasteiger partial charge on any atom is 0.0294 e. The van der Waals surface area contributed by atoms with E-state index in [9.17, 15) is 0 Å². The highest BCUT2D eigenvalue weighted by atomic mass is 15.1. The Labute approximate surface area is 130 Å². The van der Waals surface area contributed by atoms with Crippen LogP contribution in [0.25, 0.3) is 0 Å². The minimum absolute atomic E-state index is 0.456. The van der Waals surface area contributed by atoms with Gasteiger partial charge in [0.1, 0.15) is 0 Å². The summed E-state index contributed by atoms with van der Waals surface area (Å²) in [5, 5.41) is 3.82. The summed E-state index contributed by atoms with van der Waals surface area (Å²) in [4.78, 5) is 2.61. The van der Waals surface area contributed by atoms with Crippen molar-refractivity contribution in [1.82, 2.24) is 10.2 Å². The molecule has 0 radical (unpaired) electrons. The molecule has 1 fully saturated rings. The van der Waals surface area contributed by atoms with Crippen molar-refractivity contribution in [3.63, 3.8) is 0 Å². The molecule has 0 amide bonds. The number of rotatable bonds is 6. The summed E-state index contributed by atoms with van der Waals surface area (Å²) in [5.41, 5.74) is 2.84. The Hall–Kier alpha value is -0.860. The fourth-order valence-electron chi connectivity index (χ4n) is 3.29. The molecule has 21 heavy (non-hydrogen) atoms. The van der Waals surface area contributed by atoms with E-state index >= 15 is 0 Å². The minimum atomic E-state index is 0.456. The third-order valence-corrected chi connectivity index (χ3v) is 4.58. The highest BCUT2D eigenvalue weighted by molar-refractivity contribution is 5.24. The average Bonchev–Trinajstić information content (AvgIpc) is 2.49. The lowest BCUT2D eigenvalue weighted by Gasteiger charge is -2.34. The van der Waals surface area contributed by atoms with Gasteiger partial charge in [-0.05, 0) is 56.3 Å². The summed E-state index contributed by atoms with van der Waals surface area (Å²) in [6, 6.07) is 10.2. The van der Waals surface area contributed by atoms with Crippen LogP contribution in [0.2, 0.25) is 0 Å². The second-order valence-electron chi connectivity index (χ2n) is 6.95. The van der Waals surface area contributed by atoms with E-state index in [0.717, 1.165) is 12.3 Å². The number of piperidine rings is 1. The second-order valence-corrected chi connectivity index (χ2v) is 6.95. The van der Waals surface area contributed by atoms with E-state index in [2.05, 4.69) is 62.2 Å². The Morgan fingerprint density at radius 1 is 1.10 bits per heavy atom. The van der Waals surface area contributed by atoms with Crippen LogP contribution in [0.15, 0.2) is 24.3 Å². The average molecular weight is 288 g/mol. The summed E-state index contributed by atoms with van der Waals surface area (Å²) in [6.45, 7) is 12.9. The lowest BCUT2D eigenvalue weighted by Crippen LogP contribution is -2.44. The van der Waals surface area contributed by atoms with Crippen LogP contribution in [0.1, 0.15) is 57.7 Å². The molecule has 1 aliphatic heterocycles. The zero-order valence-electron chi connectivity index (χ0n) is 14.2. The largest absolute Gasteiger partial charge is 0.307 e. The first-order valence-corrected chi connectivity index (χ1v) is 8.65. The lowest BCUT2D eigenvalue weighted by molar-refractivity contribution is 0.175. The van der Waals surface area contributed by atoms with Crippen molar-refractivity contribution in [1.29, 1.82) is 0 Å². The smallest absolute Gasteiger partial charge is 0.0294 e. The molecule has 1 aromatic carbocycles. The Morgan fingerprint density at radius 2 is 1.71 bits per heavy atom. The summed E-state index contributed by atoms with van der Waals surface area (Å²) in [5.74, 6) is 0.783. The van der Waals surface area contributed by atoms with E-state index in [0.29, 0.717) is 12.1 Å². The van der Waals surface area contributed by atoms with Gasteiger partial charge in [-0.25, -0.2) is 0 Å². The minimum Gasteiger partial charge on any atom is -0.307 e. The van der Waals surface area contributed by atoms with E-state index in [4.69, 9.17) is 0 Å². The van der Waals surface area contributed by atoms with Crippen molar-refractivity contribution in [3.05, 3.63) is 35.4 Å². The van der Waals surface area contributed by atoms with Gasteiger partial charge in [0.15, 0.2) is 0 Å². The molecule has 2 rings (SSSR count). The van der Waals surface area contributed by atoms with E-state index in [-0.39, 0.29) is 0 Å². The molecule has 1 aromatic rings. The third-order valence-electron chi connectivity index (χ3n) is 4.58. The van der Waals surface area contributed by atoms with E-state index in [1.54, 1.807) is 0 Å². The van der Waals surface area contributed by atoms with Crippen molar-refractivity contribution < 1.29 is 0 Å². The van der Waals surface area contributed by atoms with Gasteiger partial charge in [0.25, 0.3) is 0 Å². The van der Waals surface area contributed by atoms with Crippen LogP contribution in [-0.4, -0.2) is 30.6 Å². The topological polar surface area (TPSA) is 15.3 Å². The number of nitrogens with one attached hydrogen (secondary N) is 1. The molecule has 1 unspecified atom stereocenters. The molecule has 0 bridgehead atoms. The number of hydrogen-bond acceptors (Lipinski definition) is 2. The Kier molecular flexibility index (Phi) is 6.25. The zero-order chi connectivity index (χ0) is 15.2. The van der Waals surface area contributed by atoms with Gasteiger partial charge in [-0.2, -0.15) is 0 Å². The van der Waals surface area contributed by atoms with Crippen LogP contribution in [0.5, 0.6) is 0 Å². The van der Waals surface area contributed by atoms with Crippen molar-refractivity contribution in [2.75, 3.05) is 19.6 Å². The van der Waals surface area contributed by atoms with Gasteiger partial charge in [-0.1, -0.05) is 45.0 Å². The monoisotopic (exact) mass is 288 g/mol. The standard InChI is InChI=1S/C19H32N2/c1-5-17-6-8-18(9-7-17)16(4)20-19-10-12-21(13-11-19)14-15(2)3/h6-9,15-16,19-20H,5,10-14H2,1-4H3. The quantitative estimate of drug-likeness (QED) is 0.850. The molecule has 1 saturated heterocycles. The summed E-state index contributed by atoms with van der Waals surface area (Å²) in [6.07, 6.45) is 3.69. The predicted octanol–water partition coefficient (Wildman–Crippen LogP) is 4.02. The molecule has 2 nitrogen and oxygen atoms in total. The molecular weight excluding hydrogens is 256 g/mol. The highest BCUT2D eigenvalue weighted by Crippen LogP contribution is 2.18. The van der Waals surface area contributed by atoms with E-state index < -0.39 is 0 Å². The Balaban J connectivity index is 1.79. The molecule has 2 heteroatoms. The number of benzene rings is 1. The maximum atomic E-state index is 3.82. The van der Waals surface area contributed by atoms with E-state index in [1.165, 1.54) is 43.6 Å². The predicted molar refractivity (Wildman–Crippen MR) is 91.7 cm³/mol. The number of aryl methyl sites for hydroxylation is 1. The number of nitrogens with zero attached hydrogens (tertiary/aromatic N) is 1. The SMILES string of the molecule is CCc1ccc(C(C)NC2CCN(CC(C)C)CC2)cc1. The Morgan fingerprint density at radius 3 is 2.24 bits per heavy atom. The molecule has 0 aromatic heterocycles. The van der Waals surface area contributed by atoms with Crippen LogP contribution in [0.3, 0.4) is 0 Å². The molecule has 118 valence electrons. The molecule has 0 aliphatic carbocycles. The first-order chi connectivity index (χ1) is 10.1. The van der Waals surface area contributed by atoms with Crippen LogP contribution >= 0.6 is 0 Å². The summed E-state index contributed by atoms with van der Waals surface area (Å²) in [7, 11) is 0. The first kappa shape index (κ1) is 16.5. The highest BCUT2D eigenvalue weighted by Gasteiger charge is 2.21. The lowest BCUT2D eigenvalue weighted by atomic mass is 10.00. The zero-order valence-corrected chi connectivity index (χ0v) is 14.2. The van der Waals surface area contributed by atoms with Crippen LogP contribution in [-0.2, 0) is 6.42 Å². The van der Waals surface area contributed by atoms with Gasteiger partial charge in [0.05, 0.1) is 0 Å². The molecular formula is C19H32N2. The van der Waals surface area contributed by atoms with Gasteiger partial charge in [-0.3, -0.25) is 0 Å². The van der Waals surface area contributed by atoms with Gasteiger partial charge in [0.2, 0.25) is 0 Å². The van der Waals surface area contributed by atoms with Gasteiger partial charge < -0.3 is 10.2 Å². The molecule has 1 aliphatic rings. The first-order valence-electron chi connectivity index (χ1n) is 8.65. The van der Waals surface area contributed by atoms with Crippen molar-refractivity contribution >= 4 is 0 Å². The number of hydrogen-bond donors (Lipinski definition) is 1. The molecule has 0 saturated carbocycles. The molecule has 1 heterocycles. The summed E-state index contributed by atoms with van der Waals surface area (Å²) >= 11 is 0. The maximum absolute atomic E-state index is 3.82. The van der Waals surface area contributed by atoms with Gasteiger partial charge in [-0.15, -0.1) is 0 Å². The fraction of sp³-hybridized carbons (Fsp3) is 0.684. The fourth-order valence-corrected chi connectivity index (χ4v) is 3.29. The van der Waals surface area contributed by atoms with Crippen LogP contribution < -0.4 is 5.32 Å². The third kappa shape index (κ3) is 5.12.